The number of aromatic nitrogens is 1. The van der Waals surface area contributed by atoms with Crippen molar-refractivity contribution in [2.24, 2.45) is 5.84 Å². The van der Waals surface area contributed by atoms with Crippen LogP contribution in [0.2, 0.25) is 0 Å². The van der Waals surface area contributed by atoms with Gasteiger partial charge in [-0.2, -0.15) is 0 Å². The van der Waals surface area contributed by atoms with E-state index in [0.717, 1.165) is 0 Å². The number of carbonyl (C=O) groups excluding carboxylic acids is 1. The van der Waals surface area contributed by atoms with Crippen LogP contribution in [-0.2, 0) is 4.79 Å². The number of nitrogens with two attached hydrogens (primary N) is 1. The molecule has 0 spiro atoms. The van der Waals surface area contributed by atoms with Gasteiger partial charge in [0.25, 0.3) is 0 Å². The fourth-order valence-corrected chi connectivity index (χ4v) is 0.995. The van der Waals surface area contributed by atoms with Crippen LogP contribution in [0.15, 0.2) is 36.5 Å². The Morgan fingerprint density at radius 2 is 2.00 bits per heavy atom. The van der Waals surface area contributed by atoms with Gasteiger partial charge in [-0.1, -0.05) is 18.2 Å². The average Bonchev–Trinajstić information content (AvgIpc) is 2.66. The SMILES string of the molecule is CC(=O)NN.c1ccc2[nH]ccc2c1. The number of fused-ring (bicyclic) bond motifs is 1. The second-order valence-corrected chi connectivity index (χ2v) is 2.77. The maximum atomic E-state index is 9.58. The highest BCUT2D eigenvalue weighted by Gasteiger charge is 1.86. The lowest BCUT2D eigenvalue weighted by atomic mass is 10.3. The molecule has 74 valence electrons. The maximum absolute atomic E-state index is 9.58. The number of hydrazine groups is 1. The second-order valence-electron chi connectivity index (χ2n) is 2.77. The number of para-hydroxylation sites is 1. The molecule has 2 rings (SSSR count). The molecule has 4 heteroatoms. The van der Waals surface area contributed by atoms with Crippen LogP contribution in [-0.4, -0.2) is 10.9 Å². The Balaban J connectivity index is 0.000000171. The topological polar surface area (TPSA) is 70.9 Å². The molecule has 0 aliphatic rings. The molecular formula is C10H13N3O. The third-order valence-electron chi connectivity index (χ3n) is 1.67. The molecule has 4 nitrogen and oxygen atoms in total. The molecule has 1 aromatic heterocycles. The molecular weight excluding hydrogens is 178 g/mol. The van der Waals surface area contributed by atoms with Gasteiger partial charge in [-0.25, -0.2) is 5.84 Å². The molecule has 0 unspecified atom stereocenters. The number of nitrogens with one attached hydrogen (secondary N) is 2. The van der Waals surface area contributed by atoms with Crippen molar-refractivity contribution in [3.63, 3.8) is 0 Å². The third-order valence-corrected chi connectivity index (χ3v) is 1.67. The molecule has 0 bridgehead atoms. The number of hydrogen-bond donors (Lipinski definition) is 3. The summed E-state index contributed by atoms with van der Waals surface area (Å²) in [7, 11) is 0. The van der Waals surface area contributed by atoms with Gasteiger partial charge in [-0.15, -0.1) is 0 Å². The molecule has 4 N–H and O–H groups in total. The standard InChI is InChI=1S/C8H7N.C2H6N2O/c1-2-4-8-7(3-1)5-6-9-8;1-2(5)4-3/h1-6,9H;3H2,1H3,(H,4,5). The van der Waals surface area contributed by atoms with E-state index in [1.54, 1.807) is 0 Å². The van der Waals surface area contributed by atoms with Gasteiger partial charge in [0.15, 0.2) is 0 Å². The molecule has 0 saturated carbocycles. The lowest BCUT2D eigenvalue weighted by Gasteiger charge is -1.83. The lowest BCUT2D eigenvalue weighted by molar-refractivity contribution is -0.119. The fourth-order valence-electron chi connectivity index (χ4n) is 0.995. The second kappa shape index (κ2) is 5.04. The van der Waals surface area contributed by atoms with Crippen molar-refractivity contribution in [1.82, 2.24) is 10.4 Å². The number of benzene rings is 1. The van der Waals surface area contributed by atoms with E-state index in [1.165, 1.54) is 17.8 Å². The Hall–Kier alpha value is -1.81. The van der Waals surface area contributed by atoms with E-state index in [9.17, 15) is 4.79 Å². The average molecular weight is 191 g/mol. The van der Waals surface area contributed by atoms with Crippen molar-refractivity contribution >= 4 is 16.8 Å². The molecule has 0 aliphatic heterocycles. The van der Waals surface area contributed by atoms with Crippen LogP contribution < -0.4 is 11.3 Å². The monoisotopic (exact) mass is 191 g/mol. The Bertz CT molecular complexity index is 378. The van der Waals surface area contributed by atoms with E-state index >= 15 is 0 Å². The predicted octanol–water partition coefficient (Wildman–Crippen LogP) is 1.16. The van der Waals surface area contributed by atoms with Crippen molar-refractivity contribution in [2.45, 2.75) is 6.92 Å². The Labute approximate surface area is 82.1 Å². The lowest BCUT2D eigenvalue weighted by Crippen LogP contribution is -2.26. The van der Waals surface area contributed by atoms with E-state index < -0.39 is 0 Å². The molecule has 1 aromatic carbocycles. The molecule has 0 atom stereocenters. The summed E-state index contributed by atoms with van der Waals surface area (Å²) in [5, 5.41) is 1.28. The van der Waals surface area contributed by atoms with Crippen LogP contribution in [0.25, 0.3) is 10.9 Å². The minimum absolute atomic E-state index is 0.218. The van der Waals surface area contributed by atoms with E-state index in [4.69, 9.17) is 0 Å². The molecule has 0 radical (unpaired) electrons. The summed E-state index contributed by atoms with van der Waals surface area (Å²) in [4.78, 5) is 12.7. The van der Waals surface area contributed by atoms with E-state index in [-0.39, 0.29) is 5.91 Å². The van der Waals surface area contributed by atoms with Gasteiger partial charge in [-0.05, 0) is 17.5 Å². The van der Waals surface area contributed by atoms with Crippen LogP contribution in [0.4, 0.5) is 0 Å². The summed E-state index contributed by atoms with van der Waals surface area (Å²) in [6, 6.07) is 10.3. The smallest absolute Gasteiger partial charge is 0.230 e. The largest absolute Gasteiger partial charge is 0.361 e. The summed E-state index contributed by atoms with van der Waals surface area (Å²) in [6.45, 7) is 1.35. The van der Waals surface area contributed by atoms with Gasteiger partial charge in [-0.3, -0.25) is 10.2 Å². The van der Waals surface area contributed by atoms with Gasteiger partial charge < -0.3 is 4.98 Å². The van der Waals surface area contributed by atoms with Gasteiger partial charge in [0.1, 0.15) is 0 Å². The molecule has 2 aromatic rings. The third kappa shape index (κ3) is 2.91. The van der Waals surface area contributed by atoms with Crippen LogP contribution >= 0.6 is 0 Å². The molecule has 0 saturated heterocycles. The maximum Gasteiger partial charge on any atom is 0.230 e. The molecule has 14 heavy (non-hydrogen) atoms. The molecule has 0 fully saturated rings. The highest BCUT2D eigenvalue weighted by Crippen LogP contribution is 2.09. The molecule has 0 aliphatic carbocycles. The number of carbonyl (C=O) groups is 1. The number of hydrogen-bond acceptors (Lipinski definition) is 2. The minimum atomic E-state index is -0.218. The van der Waals surface area contributed by atoms with Crippen molar-refractivity contribution < 1.29 is 4.79 Å². The molecule has 1 amide bonds. The normalized spacial score (nSPS) is 9.00. The summed E-state index contributed by atoms with van der Waals surface area (Å²) >= 11 is 0. The highest BCUT2D eigenvalue weighted by molar-refractivity contribution is 5.78. The van der Waals surface area contributed by atoms with E-state index in [1.807, 2.05) is 23.8 Å². The van der Waals surface area contributed by atoms with Crippen LogP contribution in [0.1, 0.15) is 6.92 Å². The summed E-state index contributed by atoms with van der Waals surface area (Å²) < 4.78 is 0. The first-order chi connectivity index (χ1) is 6.74. The number of rotatable bonds is 0. The summed E-state index contributed by atoms with van der Waals surface area (Å²) in [5.41, 5.74) is 3.09. The van der Waals surface area contributed by atoms with Crippen LogP contribution in [0.3, 0.4) is 0 Å². The zero-order chi connectivity index (χ0) is 10.4. The summed E-state index contributed by atoms with van der Waals surface area (Å²) in [6.07, 6.45) is 1.95. The predicted molar refractivity (Wildman–Crippen MR) is 56.3 cm³/mol. The van der Waals surface area contributed by atoms with Crippen LogP contribution in [0, 0.1) is 0 Å². The zero-order valence-electron chi connectivity index (χ0n) is 7.95. The van der Waals surface area contributed by atoms with Crippen molar-refractivity contribution in [3.8, 4) is 0 Å². The van der Waals surface area contributed by atoms with Crippen molar-refractivity contribution in [3.05, 3.63) is 36.5 Å². The first kappa shape index (κ1) is 10.3. The zero-order valence-corrected chi connectivity index (χ0v) is 7.95. The van der Waals surface area contributed by atoms with Gasteiger partial charge in [0, 0.05) is 18.6 Å². The van der Waals surface area contributed by atoms with Gasteiger partial charge >= 0.3 is 0 Å². The first-order valence-corrected chi connectivity index (χ1v) is 4.23. The summed E-state index contributed by atoms with van der Waals surface area (Å²) in [5.74, 6) is 4.35. The fraction of sp³-hybridized carbons (Fsp3) is 0.100. The Morgan fingerprint density at radius 1 is 1.36 bits per heavy atom. The van der Waals surface area contributed by atoms with E-state index in [2.05, 4.69) is 29.0 Å². The first-order valence-electron chi connectivity index (χ1n) is 4.23. The molecule has 1 heterocycles. The number of aromatic amines is 1. The minimum Gasteiger partial charge on any atom is -0.361 e. The number of amides is 1. The van der Waals surface area contributed by atoms with E-state index in [0.29, 0.717) is 0 Å². The Kier molecular flexibility index (Phi) is 3.69. The highest BCUT2D eigenvalue weighted by atomic mass is 16.2. The van der Waals surface area contributed by atoms with Gasteiger partial charge in [0.2, 0.25) is 5.91 Å². The quantitative estimate of drug-likeness (QED) is 0.332. The van der Waals surface area contributed by atoms with Gasteiger partial charge in [0.05, 0.1) is 0 Å². The van der Waals surface area contributed by atoms with Crippen molar-refractivity contribution in [1.29, 1.82) is 0 Å². The van der Waals surface area contributed by atoms with Crippen LogP contribution in [0.5, 0.6) is 0 Å². The van der Waals surface area contributed by atoms with Crippen molar-refractivity contribution in [2.75, 3.05) is 0 Å². The Morgan fingerprint density at radius 3 is 2.57 bits per heavy atom. The number of H-pyrrole nitrogens is 1.